The van der Waals surface area contributed by atoms with Crippen LogP contribution < -0.4 is 0 Å². The molecule has 0 saturated carbocycles. The van der Waals surface area contributed by atoms with E-state index in [1.165, 1.54) is 12.1 Å². The number of amides is 1. The fourth-order valence-corrected chi connectivity index (χ4v) is 4.04. The van der Waals surface area contributed by atoms with Crippen molar-refractivity contribution in [2.75, 3.05) is 6.61 Å². The first-order chi connectivity index (χ1) is 14.4. The molecule has 158 valence electrons. The number of allylic oxidation sites excluding steroid dienone is 1. The first-order valence-corrected chi connectivity index (χ1v) is 10.5. The van der Waals surface area contributed by atoms with Crippen molar-refractivity contribution in [3.63, 3.8) is 0 Å². The number of hydrogen-bond acceptors (Lipinski definition) is 3. The first-order valence-electron chi connectivity index (χ1n) is 10.5. The zero-order valence-corrected chi connectivity index (χ0v) is 17.8. The highest BCUT2D eigenvalue weighted by Gasteiger charge is 2.38. The Kier molecular flexibility index (Phi) is 7.03. The molecule has 1 aliphatic heterocycles. The van der Waals surface area contributed by atoms with Gasteiger partial charge < -0.3 is 9.64 Å². The Bertz CT molecular complexity index is 966. The third-order valence-electron chi connectivity index (χ3n) is 5.32. The van der Waals surface area contributed by atoms with Gasteiger partial charge in [-0.2, -0.15) is 0 Å². The Morgan fingerprint density at radius 2 is 1.93 bits per heavy atom. The smallest absolute Gasteiger partial charge is 0.336 e. The van der Waals surface area contributed by atoms with Crippen LogP contribution >= 0.6 is 0 Å². The van der Waals surface area contributed by atoms with Crippen LogP contribution in [-0.4, -0.2) is 23.4 Å². The van der Waals surface area contributed by atoms with E-state index in [-0.39, 0.29) is 24.8 Å². The molecule has 0 N–H and O–H groups in total. The molecule has 0 fully saturated rings. The van der Waals surface area contributed by atoms with E-state index in [0.717, 1.165) is 17.5 Å². The number of carbonyl (C=O) groups excluding carboxylic acids is 2. The summed E-state index contributed by atoms with van der Waals surface area (Å²) < 4.78 is 19.3. The maximum atomic E-state index is 13.9. The van der Waals surface area contributed by atoms with E-state index in [4.69, 9.17) is 4.74 Å². The fraction of sp³-hybridized carbons (Fsp3) is 0.360. The lowest BCUT2D eigenvalue weighted by atomic mass is 9.82. The molecule has 30 heavy (non-hydrogen) atoms. The van der Waals surface area contributed by atoms with Crippen molar-refractivity contribution in [1.82, 2.24) is 4.90 Å². The topological polar surface area (TPSA) is 46.6 Å². The van der Waals surface area contributed by atoms with Gasteiger partial charge in [-0.25, -0.2) is 9.18 Å². The molecule has 0 radical (unpaired) electrons. The molecular weight excluding hydrogens is 381 g/mol. The highest BCUT2D eigenvalue weighted by atomic mass is 19.1. The molecule has 2 aromatic rings. The molecule has 0 aliphatic carbocycles. The lowest BCUT2D eigenvalue weighted by Crippen LogP contribution is -2.39. The van der Waals surface area contributed by atoms with Crippen LogP contribution in [-0.2, 0) is 20.9 Å². The number of aryl methyl sites for hydroxylation is 1. The van der Waals surface area contributed by atoms with Crippen LogP contribution in [0.25, 0.3) is 0 Å². The molecule has 1 amide bonds. The van der Waals surface area contributed by atoms with Crippen molar-refractivity contribution in [3.8, 4) is 0 Å². The minimum Gasteiger partial charge on any atom is -0.463 e. The Labute approximate surface area is 177 Å². The van der Waals surface area contributed by atoms with Crippen molar-refractivity contribution in [3.05, 3.63) is 82.3 Å². The Morgan fingerprint density at radius 1 is 1.17 bits per heavy atom. The monoisotopic (exact) mass is 409 g/mol. The lowest BCUT2D eigenvalue weighted by molar-refractivity contribution is -0.140. The zero-order valence-electron chi connectivity index (χ0n) is 17.8. The molecule has 0 spiro atoms. The fourth-order valence-electron chi connectivity index (χ4n) is 4.04. The van der Waals surface area contributed by atoms with Crippen LogP contribution in [0.4, 0.5) is 4.39 Å². The minimum absolute atomic E-state index is 0.0673. The summed E-state index contributed by atoms with van der Waals surface area (Å²) in [5.41, 5.74) is 3.89. The molecule has 4 nitrogen and oxygen atoms in total. The second kappa shape index (κ2) is 9.70. The van der Waals surface area contributed by atoms with Crippen molar-refractivity contribution in [1.29, 1.82) is 0 Å². The number of halogens is 1. The molecular formula is C25H28FNO3. The van der Waals surface area contributed by atoms with Gasteiger partial charge in [0.15, 0.2) is 0 Å². The molecule has 3 rings (SSSR count). The quantitative estimate of drug-likeness (QED) is 0.586. The molecule has 0 unspecified atom stereocenters. The van der Waals surface area contributed by atoms with Gasteiger partial charge >= 0.3 is 5.97 Å². The number of nitrogens with zero attached hydrogens (tertiary/aromatic N) is 1. The van der Waals surface area contributed by atoms with Gasteiger partial charge in [0, 0.05) is 18.0 Å². The van der Waals surface area contributed by atoms with Gasteiger partial charge in [-0.05, 0) is 43.5 Å². The normalized spacial score (nSPS) is 16.7. The summed E-state index contributed by atoms with van der Waals surface area (Å²) in [6.07, 6.45) is 1.44. The predicted octanol–water partition coefficient (Wildman–Crippen LogP) is 5.27. The predicted molar refractivity (Wildman–Crippen MR) is 114 cm³/mol. The summed E-state index contributed by atoms with van der Waals surface area (Å²) in [6.45, 7) is 6.41. The van der Waals surface area contributed by atoms with Crippen molar-refractivity contribution < 1.29 is 18.7 Å². The van der Waals surface area contributed by atoms with E-state index < -0.39 is 11.9 Å². The van der Waals surface area contributed by atoms with E-state index >= 15 is 0 Å². The number of hydrogen-bond donors (Lipinski definition) is 0. The highest BCUT2D eigenvalue weighted by molar-refractivity contribution is 5.96. The number of esters is 1. The van der Waals surface area contributed by atoms with E-state index in [1.54, 1.807) is 24.0 Å². The first kappa shape index (κ1) is 21.8. The Morgan fingerprint density at radius 3 is 2.60 bits per heavy atom. The average molecular weight is 410 g/mol. The SMILES string of the molecule is CCCC1=C(C(=O)OCC)[C@H](c2cccc(F)c2)CC(=O)N1Cc1cccc(C)c1. The van der Waals surface area contributed by atoms with Crippen LogP contribution in [0.3, 0.4) is 0 Å². The third kappa shape index (κ3) is 4.78. The van der Waals surface area contributed by atoms with Gasteiger partial charge in [-0.1, -0.05) is 55.3 Å². The van der Waals surface area contributed by atoms with Crippen LogP contribution in [0.1, 0.15) is 55.7 Å². The molecule has 1 atom stereocenters. The van der Waals surface area contributed by atoms with Crippen LogP contribution in [0.2, 0.25) is 0 Å². The van der Waals surface area contributed by atoms with E-state index in [1.807, 2.05) is 38.1 Å². The maximum absolute atomic E-state index is 13.9. The van der Waals surface area contributed by atoms with Crippen LogP contribution in [0.15, 0.2) is 59.8 Å². The minimum atomic E-state index is -0.512. The number of rotatable bonds is 7. The van der Waals surface area contributed by atoms with Crippen molar-refractivity contribution >= 4 is 11.9 Å². The number of benzene rings is 2. The third-order valence-corrected chi connectivity index (χ3v) is 5.32. The van der Waals surface area contributed by atoms with Gasteiger partial charge in [0.2, 0.25) is 5.91 Å². The van der Waals surface area contributed by atoms with Gasteiger partial charge in [-0.3, -0.25) is 4.79 Å². The summed E-state index contributed by atoms with van der Waals surface area (Å²) in [7, 11) is 0. The summed E-state index contributed by atoms with van der Waals surface area (Å²) in [5.74, 6) is -1.40. The van der Waals surface area contributed by atoms with E-state index in [2.05, 4.69) is 0 Å². The van der Waals surface area contributed by atoms with Crippen LogP contribution in [0, 0.1) is 12.7 Å². The Balaban J connectivity index is 2.11. The summed E-state index contributed by atoms with van der Waals surface area (Å²) >= 11 is 0. The van der Waals surface area contributed by atoms with Gasteiger partial charge in [0.05, 0.1) is 18.7 Å². The van der Waals surface area contributed by atoms with Crippen LogP contribution in [0.5, 0.6) is 0 Å². The zero-order chi connectivity index (χ0) is 21.7. The van der Waals surface area contributed by atoms with E-state index in [0.29, 0.717) is 29.8 Å². The second-order valence-electron chi connectivity index (χ2n) is 7.61. The number of carbonyl (C=O) groups is 2. The molecule has 1 aliphatic rings. The molecule has 0 bridgehead atoms. The largest absolute Gasteiger partial charge is 0.463 e. The average Bonchev–Trinajstić information content (AvgIpc) is 2.70. The highest BCUT2D eigenvalue weighted by Crippen LogP contribution is 2.39. The molecule has 1 heterocycles. The van der Waals surface area contributed by atoms with Crippen molar-refractivity contribution in [2.24, 2.45) is 0 Å². The summed E-state index contributed by atoms with van der Waals surface area (Å²) in [4.78, 5) is 27.9. The second-order valence-corrected chi connectivity index (χ2v) is 7.61. The molecule has 5 heteroatoms. The molecule has 2 aromatic carbocycles. The maximum Gasteiger partial charge on any atom is 0.336 e. The Hall–Kier alpha value is -2.95. The standard InChI is InChI=1S/C25H28FNO3/c1-4-8-22-24(25(29)30-5-2)21(19-11-7-12-20(26)14-19)15-23(28)27(22)16-18-10-6-9-17(3)13-18/h6-7,9-14,21H,4-5,8,15-16H2,1-3H3/t21-/m0/s1. The van der Waals surface area contributed by atoms with E-state index in [9.17, 15) is 14.0 Å². The number of ether oxygens (including phenoxy) is 1. The van der Waals surface area contributed by atoms with Crippen molar-refractivity contribution in [2.45, 2.75) is 52.5 Å². The molecule has 0 saturated heterocycles. The van der Waals surface area contributed by atoms with Gasteiger partial charge in [-0.15, -0.1) is 0 Å². The molecule has 0 aromatic heterocycles. The summed E-state index contributed by atoms with van der Waals surface area (Å²) in [6, 6.07) is 14.1. The lowest BCUT2D eigenvalue weighted by Gasteiger charge is -2.36. The summed E-state index contributed by atoms with van der Waals surface area (Å²) in [5, 5.41) is 0. The van der Waals surface area contributed by atoms with Gasteiger partial charge in [0.25, 0.3) is 0 Å². The van der Waals surface area contributed by atoms with Gasteiger partial charge in [0.1, 0.15) is 5.82 Å².